The topological polar surface area (TPSA) is 20.3 Å². The third kappa shape index (κ3) is 3.63. The van der Waals surface area contributed by atoms with Gasteiger partial charge in [-0.15, -0.1) is 11.3 Å². The van der Waals surface area contributed by atoms with Gasteiger partial charge in [-0.05, 0) is 53.7 Å². The van der Waals surface area contributed by atoms with Crippen LogP contribution in [0.25, 0.3) is 0 Å². The average Bonchev–Trinajstić information content (AvgIpc) is 2.67. The second-order valence-electron chi connectivity index (χ2n) is 4.72. The van der Waals surface area contributed by atoms with E-state index < -0.39 is 0 Å². The van der Waals surface area contributed by atoms with Crippen molar-refractivity contribution in [1.29, 1.82) is 0 Å². The molecule has 1 atom stereocenters. The van der Waals surface area contributed by atoms with Crippen molar-refractivity contribution in [2.45, 2.75) is 45.2 Å². The molecule has 0 bridgehead atoms. The second kappa shape index (κ2) is 6.12. The van der Waals surface area contributed by atoms with Gasteiger partial charge in [-0.3, -0.25) is 9.69 Å². The fourth-order valence-electron chi connectivity index (χ4n) is 2.45. The average molecular weight is 316 g/mol. The summed E-state index contributed by atoms with van der Waals surface area (Å²) in [4.78, 5) is 15.1. The van der Waals surface area contributed by atoms with E-state index in [-0.39, 0.29) is 0 Å². The minimum atomic E-state index is 0.312. The number of piperidine rings is 1. The van der Waals surface area contributed by atoms with E-state index in [9.17, 15) is 4.79 Å². The molecule has 1 fully saturated rings. The van der Waals surface area contributed by atoms with E-state index in [1.54, 1.807) is 18.3 Å². The van der Waals surface area contributed by atoms with Crippen molar-refractivity contribution in [3.63, 3.8) is 0 Å². The van der Waals surface area contributed by atoms with Gasteiger partial charge < -0.3 is 0 Å². The summed E-state index contributed by atoms with van der Waals surface area (Å²) in [7, 11) is 0. The minimum Gasteiger partial charge on any atom is -0.300 e. The molecule has 0 aromatic carbocycles. The molecule has 4 heteroatoms. The first-order chi connectivity index (χ1) is 8.16. The first kappa shape index (κ1) is 13.2. The molecular formula is C13H18BrNOS. The van der Waals surface area contributed by atoms with Gasteiger partial charge in [0, 0.05) is 28.4 Å². The minimum absolute atomic E-state index is 0.312. The number of hydrogen-bond donors (Lipinski definition) is 0. The van der Waals surface area contributed by atoms with Crippen molar-refractivity contribution in [1.82, 2.24) is 4.90 Å². The fourth-order valence-corrected chi connectivity index (χ4v) is 3.96. The van der Waals surface area contributed by atoms with E-state index >= 15 is 0 Å². The molecule has 1 aromatic heterocycles. The molecule has 0 amide bonds. The van der Waals surface area contributed by atoms with Crippen LogP contribution in [-0.4, -0.2) is 23.3 Å². The third-order valence-corrected chi connectivity index (χ3v) is 5.22. The number of hydrogen-bond acceptors (Lipinski definition) is 3. The highest BCUT2D eigenvalue weighted by atomic mass is 79.9. The van der Waals surface area contributed by atoms with E-state index in [0.717, 1.165) is 13.1 Å². The lowest BCUT2D eigenvalue weighted by Gasteiger charge is -2.35. The van der Waals surface area contributed by atoms with Crippen LogP contribution in [-0.2, 0) is 11.3 Å². The molecule has 0 aliphatic carbocycles. The van der Waals surface area contributed by atoms with E-state index in [4.69, 9.17) is 0 Å². The fraction of sp³-hybridized carbons (Fsp3) is 0.615. The predicted octanol–water partition coefficient (Wildman–Crippen LogP) is 3.84. The van der Waals surface area contributed by atoms with Gasteiger partial charge in [0.05, 0.1) is 0 Å². The molecule has 0 N–H and O–H groups in total. The summed E-state index contributed by atoms with van der Waals surface area (Å²) < 4.78 is 1.20. The van der Waals surface area contributed by atoms with Gasteiger partial charge in [-0.1, -0.05) is 6.42 Å². The lowest BCUT2D eigenvalue weighted by molar-refractivity contribution is -0.118. The highest BCUT2D eigenvalue weighted by Crippen LogP contribution is 2.28. The van der Waals surface area contributed by atoms with Crippen LogP contribution in [0.5, 0.6) is 0 Å². The van der Waals surface area contributed by atoms with Crippen molar-refractivity contribution in [3.05, 3.63) is 20.8 Å². The van der Waals surface area contributed by atoms with Crippen LogP contribution in [0.15, 0.2) is 15.9 Å². The zero-order chi connectivity index (χ0) is 12.3. The van der Waals surface area contributed by atoms with Crippen LogP contribution in [0.3, 0.4) is 0 Å². The van der Waals surface area contributed by atoms with Crippen LogP contribution in [0.1, 0.15) is 37.5 Å². The van der Waals surface area contributed by atoms with E-state index in [1.165, 1.54) is 28.6 Å². The summed E-state index contributed by atoms with van der Waals surface area (Å²) in [6.45, 7) is 3.81. The number of rotatable bonds is 4. The number of thiophene rings is 1. The van der Waals surface area contributed by atoms with Gasteiger partial charge in [0.15, 0.2) is 0 Å². The first-order valence-electron chi connectivity index (χ1n) is 6.12. The summed E-state index contributed by atoms with van der Waals surface area (Å²) in [6, 6.07) is 2.56. The lowest BCUT2D eigenvalue weighted by atomic mass is 9.98. The van der Waals surface area contributed by atoms with Gasteiger partial charge >= 0.3 is 0 Å². The number of ketones is 1. The summed E-state index contributed by atoms with van der Waals surface area (Å²) in [5.74, 6) is 0.312. The maximum absolute atomic E-state index is 11.3. The largest absolute Gasteiger partial charge is 0.300 e. The Bertz CT molecular complexity index is 391. The molecule has 0 saturated carbocycles. The monoisotopic (exact) mass is 315 g/mol. The molecule has 0 spiro atoms. The summed E-state index contributed by atoms with van der Waals surface area (Å²) in [5, 5.41) is 2.11. The number of nitrogens with zero attached hydrogens (tertiary/aromatic N) is 1. The molecular weight excluding hydrogens is 298 g/mol. The molecule has 17 heavy (non-hydrogen) atoms. The van der Waals surface area contributed by atoms with Gasteiger partial charge in [-0.2, -0.15) is 0 Å². The number of Topliss-reactive ketones (excluding diaryl/α,β-unsaturated/α-hetero) is 1. The Hall–Kier alpha value is -0.190. The van der Waals surface area contributed by atoms with Crippen molar-refractivity contribution in [2.75, 3.05) is 6.54 Å². The molecule has 1 saturated heterocycles. The van der Waals surface area contributed by atoms with E-state index in [0.29, 0.717) is 18.2 Å². The first-order valence-corrected chi connectivity index (χ1v) is 7.79. The summed E-state index contributed by atoms with van der Waals surface area (Å²) >= 11 is 5.37. The molecule has 1 aliphatic rings. The van der Waals surface area contributed by atoms with Gasteiger partial charge in [0.2, 0.25) is 0 Å². The van der Waals surface area contributed by atoms with Crippen LogP contribution in [0, 0.1) is 0 Å². The Morgan fingerprint density at radius 2 is 2.41 bits per heavy atom. The second-order valence-corrected chi connectivity index (χ2v) is 6.57. The lowest BCUT2D eigenvalue weighted by Crippen LogP contribution is -2.39. The number of carbonyl (C=O) groups is 1. The van der Waals surface area contributed by atoms with Crippen molar-refractivity contribution in [3.8, 4) is 0 Å². The van der Waals surface area contributed by atoms with E-state index in [2.05, 4.69) is 32.3 Å². The Balaban J connectivity index is 2.01. The number of likely N-dealkylation sites (tertiary alicyclic amines) is 1. The maximum Gasteiger partial charge on any atom is 0.131 e. The van der Waals surface area contributed by atoms with Gasteiger partial charge in [-0.25, -0.2) is 0 Å². The van der Waals surface area contributed by atoms with E-state index in [1.807, 2.05) is 0 Å². The van der Waals surface area contributed by atoms with Gasteiger partial charge in [0.1, 0.15) is 5.78 Å². The predicted molar refractivity (Wildman–Crippen MR) is 75.4 cm³/mol. The zero-order valence-corrected chi connectivity index (χ0v) is 12.5. The third-order valence-electron chi connectivity index (χ3n) is 3.31. The molecule has 0 radical (unpaired) electrons. The molecule has 2 heterocycles. The highest BCUT2D eigenvalue weighted by Gasteiger charge is 2.24. The Labute approximate surface area is 115 Å². The quantitative estimate of drug-likeness (QED) is 0.841. The molecule has 2 rings (SSSR count). The smallest absolute Gasteiger partial charge is 0.131 e. The Morgan fingerprint density at radius 1 is 1.59 bits per heavy atom. The van der Waals surface area contributed by atoms with Crippen LogP contribution in [0.2, 0.25) is 0 Å². The zero-order valence-electron chi connectivity index (χ0n) is 10.1. The molecule has 1 aromatic rings. The maximum atomic E-state index is 11.3. The Morgan fingerprint density at radius 3 is 3.06 bits per heavy atom. The summed E-state index contributed by atoms with van der Waals surface area (Å²) in [6.07, 6.45) is 4.41. The van der Waals surface area contributed by atoms with Crippen molar-refractivity contribution >= 4 is 33.0 Å². The van der Waals surface area contributed by atoms with Crippen LogP contribution in [0.4, 0.5) is 0 Å². The highest BCUT2D eigenvalue weighted by molar-refractivity contribution is 9.10. The number of halogens is 1. The molecule has 2 nitrogen and oxygen atoms in total. The molecule has 94 valence electrons. The normalized spacial score (nSPS) is 21.6. The van der Waals surface area contributed by atoms with Crippen LogP contribution >= 0.6 is 27.3 Å². The Kier molecular flexibility index (Phi) is 4.77. The van der Waals surface area contributed by atoms with Crippen molar-refractivity contribution in [2.24, 2.45) is 0 Å². The SMILES string of the molecule is CC(=O)CC1CCCCN1Cc1sccc1Br. The summed E-state index contributed by atoms with van der Waals surface area (Å²) in [5.41, 5.74) is 0. The standard InChI is InChI=1S/C13H18BrNOS/c1-10(16)8-11-4-2-3-6-15(11)9-13-12(14)5-7-17-13/h5,7,11H,2-4,6,8-9H2,1H3. The van der Waals surface area contributed by atoms with Crippen LogP contribution < -0.4 is 0 Å². The van der Waals surface area contributed by atoms with Crippen molar-refractivity contribution < 1.29 is 4.79 Å². The number of carbonyl (C=O) groups excluding carboxylic acids is 1. The molecule has 1 aliphatic heterocycles. The van der Waals surface area contributed by atoms with Gasteiger partial charge in [0.25, 0.3) is 0 Å². The molecule has 1 unspecified atom stereocenters.